The van der Waals surface area contributed by atoms with Gasteiger partial charge in [0.05, 0.1) is 19.1 Å². The maximum Gasteiger partial charge on any atom is 0.223 e. The molecule has 5 nitrogen and oxygen atoms in total. The number of hydrogen-bond donors (Lipinski definition) is 2. The summed E-state index contributed by atoms with van der Waals surface area (Å²) < 4.78 is 5.81. The van der Waals surface area contributed by atoms with Crippen molar-refractivity contribution in [2.24, 2.45) is 11.7 Å². The molecule has 1 aliphatic heterocycles. The Morgan fingerprint density at radius 3 is 2.59 bits per heavy atom. The number of ether oxygens (including phenoxy) is 1. The molecule has 1 amide bonds. The number of benzene rings is 1. The molecule has 2 rings (SSSR count). The van der Waals surface area contributed by atoms with Gasteiger partial charge in [-0.2, -0.15) is 0 Å². The van der Waals surface area contributed by atoms with Crippen LogP contribution >= 0.6 is 24.8 Å². The van der Waals surface area contributed by atoms with E-state index in [1.54, 1.807) is 0 Å². The minimum Gasteiger partial charge on any atom is -0.375 e. The van der Waals surface area contributed by atoms with Gasteiger partial charge in [0.1, 0.15) is 0 Å². The minimum absolute atomic E-state index is 0. The van der Waals surface area contributed by atoms with Crippen LogP contribution in [0.2, 0.25) is 0 Å². The third-order valence-electron chi connectivity index (χ3n) is 4.64. The van der Waals surface area contributed by atoms with Crippen molar-refractivity contribution in [2.75, 3.05) is 26.2 Å². The third-order valence-corrected chi connectivity index (χ3v) is 4.64. The molecule has 1 aliphatic rings. The second kappa shape index (κ2) is 12.6. The first-order valence-corrected chi connectivity index (χ1v) is 9.29. The highest BCUT2D eigenvalue weighted by atomic mass is 35.5. The summed E-state index contributed by atoms with van der Waals surface area (Å²) in [6.07, 6.45) is 1.21. The number of nitrogens with one attached hydrogen (secondary N) is 1. The lowest BCUT2D eigenvalue weighted by molar-refractivity contribution is -0.128. The van der Waals surface area contributed by atoms with Crippen LogP contribution in [0.1, 0.15) is 39.2 Å². The number of carbonyl (C=O) groups is 1. The maximum atomic E-state index is 12.5. The van der Waals surface area contributed by atoms with Gasteiger partial charge in [0.25, 0.3) is 0 Å². The van der Waals surface area contributed by atoms with Gasteiger partial charge in [-0.3, -0.25) is 9.69 Å². The van der Waals surface area contributed by atoms with Crippen molar-refractivity contribution in [3.8, 4) is 0 Å². The van der Waals surface area contributed by atoms with Crippen LogP contribution < -0.4 is 11.1 Å². The van der Waals surface area contributed by atoms with E-state index >= 15 is 0 Å². The third kappa shape index (κ3) is 9.26. The number of carbonyl (C=O) groups excluding carboxylic acids is 1. The molecule has 0 aromatic heterocycles. The van der Waals surface area contributed by atoms with Gasteiger partial charge in [-0.05, 0) is 24.8 Å². The van der Waals surface area contributed by atoms with E-state index in [0.717, 1.165) is 26.1 Å². The molecule has 0 aliphatic carbocycles. The van der Waals surface area contributed by atoms with Crippen molar-refractivity contribution in [3.63, 3.8) is 0 Å². The summed E-state index contributed by atoms with van der Waals surface area (Å²) in [7, 11) is 0. The molecule has 1 heterocycles. The number of morpholine rings is 1. The fourth-order valence-corrected chi connectivity index (χ4v) is 3.57. The molecular formula is C20H35Cl2N3O2. The van der Waals surface area contributed by atoms with E-state index < -0.39 is 0 Å². The Balaban J connectivity index is 0.00000338. The molecule has 156 valence electrons. The first-order chi connectivity index (χ1) is 11.9. The highest BCUT2D eigenvalue weighted by Gasteiger charge is 2.28. The van der Waals surface area contributed by atoms with Crippen LogP contribution in [0, 0.1) is 5.92 Å². The average molecular weight is 420 g/mol. The molecule has 0 bridgehead atoms. The molecule has 1 aromatic rings. The minimum atomic E-state index is -0.344. The number of nitrogens with two attached hydrogens (primary N) is 1. The van der Waals surface area contributed by atoms with E-state index in [1.165, 1.54) is 5.56 Å². The van der Waals surface area contributed by atoms with Crippen molar-refractivity contribution >= 4 is 30.7 Å². The molecule has 2 atom stereocenters. The summed E-state index contributed by atoms with van der Waals surface area (Å²) in [6, 6.07) is 10.4. The predicted octanol–water partition coefficient (Wildman–Crippen LogP) is 3.00. The molecule has 0 spiro atoms. The molecule has 2 unspecified atom stereocenters. The van der Waals surface area contributed by atoms with Crippen LogP contribution in [0.3, 0.4) is 0 Å². The SMILES string of the molecule is CC(C)CC(C)(CN)NC(=O)CC1CN(Cc2ccccc2)CCO1.Cl.Cl. The van der Waals surface area contributed by atoms with Crippen LogP contribution in [0.15, 0.2) is 30.3 Å². The van der Waals surface area contributed by atoms with E-state index in [9.17, 15) is 4.79 Å². The van der Waals surface area contributed by atoms with Crippen molar-refractivity contribution in [2.45, 2.75) is 51.8 Å². The lowest BCUT2D eigenvalue weighted by Crippen LogP contribution is -2.53. The first kappa shape index (κ1) is 26.1. The standard InChI is InChI=1S/C20H33N3O2.2ClH/c1-16(2)12-20(3,15-21)22-19(24)11-18-14-23(9-10-25-18)13-17-7-5-4-6-8-17;;/h4-8,16,18H,9-15,21H2,1-3H3,(H,22,24);2*1H. The fourth-order valence-electron chi connectivity index (χ4n) is 3.57. The zero-order chi connectivity index (χ0) is 18.3. The van der Waals surface area contributed by atoms with E-state index in [0.29, 0.717) is 25.5 Å². The summed E-state index contributed by atoms with van der Waals surface area (Å²) >= 11 is 0. The first-order valence-electron chi connectivity index (χ1n) is 9.29. The Kier molecular flexibility index (Phi) is 12.2. The van der Waals surface area contributed by atoms with Gasteiger partial charge in [-0.1, -0.05) is 44.2 Å². The Labute approximate surface area is 176 Å². The van der Waals surface area contributed by atoms with Gasteiger partial charge in [0.15, 0.2) is 0 Å². The van der Waals surface area contributed by atoms with Crippen molar-refractivity contribution in [1.82, 2.24) is 10.2 Å². The van der Waals surface area contributed by atoms with Crippen molar-refractivity contribution in [3.05, 3.63) is 35.9 Å². The average Bonchev–Trinajstić information content (AvgIpc) is 2.55. The highest BCUT2D eigenvalue weighted by Crippen LogP contribution is 2.17. The monoisotopic (exact) mass is 419 g/mol. The highest BCUT2D eigenvalue weighted by molar-refractivity contribution is 5.85. The number of nitrogens with zero attached hydrogens (tertiary/aromatic N) is 1. The zero-order valence-corrected chi connectivity index (χ0v) is 18.3. The summed E-state index contributed by atoms with van der Waals surface area (Å²) in [6.45, 7) is 10.0. The lowest BCUT2D eigenvalue weighted by atomic mass is 9.90. The van der Waals surface area contributed by atoms with E-state index in [-0.39, 0.29) is 42.4 Å². The molecule has 0 radical (unpaired) electrons. The zero-order valence-electron chi connectivity index (χ0n) is 16.6. The smallest absolute Gasteiger partial charge is 0.223 e. The number of amides is 1. The van der Waals surface area contributed by atoms with E-state index in [1.807, 2.05) is 13.0 Å². The van der Waals surface area contributed by atoms with Crippen LogP contribution in [-0.2, 0) is 16.1 Å². The Morgan fingerprint density at radius 1 is 1.33 bits per heavy atom. The van der Waals surface area contributed by atoms with Gasteiger partial charge in [-0.15, -0.1) is 24.8 Å². The predicted molar refractivity (Wildman–Crippen MR) is 116 cm³/mol. The second-order valence-electron chi connectivity index (χ2n) is 7.83. The summed E-state index contributed by atoms with van der Waals surface area (Å²) in [4.78, 5) is 14.8. The molecule has 7 heteroatoms. The van der Waals surface area contributed by atoms with Crippen LogP contribution in [0.25, 0.3) is 0 Å². The molecule has 27 heavy (non-hydrogen) atoms. The Bertz CT molecular complexity index is 545. The molecule has 1 fully saturated rings. The van der Waals surface area contributed by atoms with E-state index in [4.69, 9.17) is 10.5 Å². The summed E-state index contributed by atoms with van der Waals surface area (Å²) in [5, 5.41) is 3.12. The largest absolute Gasteiger partial charge is 0.375 e. The van der Waals surface area contributed by atoms with Crippen LogP contribution in [0.4, 0.5) is 0 Å². The lowest BCUT2D eigenvalue weighted by Gasteiger charge is -2.35. The van der Waals surface area contributed by atoms with Gasteiger partial charge in [0.2, 0.25) is 5.91 Å². The fraction of sp³-hybridized carbons (Fsp3) is 0.650. The summed E-state index contributed by atoms with van der Waals surface area (Å²) in [5.41, 5.74) is 6.84. The van der Waals surface area contributed by atoms with Crippen molar-refractivity contribution < 1.29 is 9.53 Å². The molecule has 1 saturated heterocycles. The topological polar surface area (TPSA) is 67.6 Å². The molecule has 3 N–H and O–H groups in total. The summed E-state index contributed by atoms with van der Waals surface area (Å²) in [5.74, 6) is 0.515. The molecule has 1 aromatic carbocycles. The van der Waals surface area contributed by atoms with Crippen LogP contribution in [0.5, 0.6) is 0 Å². The number of hydrogen-bond acceptors (Lipinski definition) is 4. The van der Waals surface area contributed by atoms with Gasteiger partial charge >= 0.3 is 0 Å². The number of rotatable bonds is 8. The number of halogens is 2. The van der Waals surface area contributed by atoms with Gasteiger partial charge in [0, 0.05) is 31.7 Å². The maximum absolute atomic E-state index is 12.5. The normalized spacial score (nSPS) is 19.5. The van der Waals surface area contributed by atoms with Gasteiger partial charge in [-0.25, -0.2) is 0 Å². The Hall–Kier alpha value is -0.850. The quantitative estimate of drug-likeness (QED) is 0.679. The van der Waals surface area contributed by atoms with Crippen LogP contribution in [-0.4, -0.2) is 48.7 Å². The van der Waals surface area contributed by atoms with Crippen molar-refractivity contribution in [1.29, 1.82) is 0 Å². The molecule has 0 saturated carbocycles. The second-order valence-corrected chi connectivity index (χ2v) is 7.83. The van der Waals surface area contributed by atoms with Gasteiger partial charge < -0.3 is 15.8 Å². The van der Waals surface area contributed by atoms with E-state index in [2.05, 4.69) is 48.3 Å². The Morgan fingerprint density at radius 2 is 2.00 bits per heavy atom. The molecular weight excluding hydrogens is 385 g/mol.